The van der Waals surface area contributed by atoms with Crippen LogP contribution in [-0.2, 0) is 33.4 Å². The molecule has 114 valence electrons. The van der Waals surface area contributed by atoms with E-state index in [1.807, 2.05) is 0 Å². The van der Waals surface area contributed by atoms with Gasteiger partial charge >= 0.3 is 17.9 Å². The fourth-order valence-electron chi connectivity index (χ4n) is 2.73. The minimum Gasteiger partial charge on any atom is -0.466 e. The Morgan fingerprint density at radius 2 is 2.00 bits per heavy atom. The number of Topliss-reactive ketones (excluding diaryl/α,β-unsaturated/α-hetero) is 1. The molecule has 1 saturated carbocycles. The third kappa shape index (κ3) is 2.21. The second kappa shape index (κ2) is 4.96. The van der Waals surface area contributed by atoms with Gasteiger partial charge in [-0.2, -0.15) is 0 Å². The van der Waals surface area contributed by atoms with Gasteiger partial charge in [0.15, 0.2) is 11.9 Å². The molecule has 0 saturated heterocycles. The topological polar surface area (TPSA) is 116 Å². The molecule has 1 heterocycles. The van der Waals surface area contributed by atoms with Crippen molar-refractivity contribution in [2.24, 2.45) is 11.8 Å². The number of aliphatic hydroxyl groups is 1. The molecule has 1 aliphatic carbocycles. The molecule has 1 aliphatic heterocycles. The van der Waals surface area contributed by atoms with Gasteiger partial charge in [0.2, 0.25) is 0 Å². The summed E-state index contributed by atoms with van der Waals surface area (Å²) in [4.78, 5) is 47.0. The summed E-state index contributed by atoms with van der Waals surface area (Å²) in [5, 5.41) is 10.4. The van der Waals surface area contributed by atoms with E-state index in [4.69, 9.17) is 9.47 Å². The molecule has 21 heavy (non-hydrogen) atoms. The first kappa shape index (κ1) is 15.2. The van der Waals surface area contributed by atoms with E-state index in [1.165, 1.54) is 6.92 Å². The van der Waals surface area contributed by atoms with E-state index in [2.05, 4.69) is 4.74 Å². The second-order valence-electron chi connectivity index (χ2n) is 5.07. The third-order valence-corrected chi connectivity index (χ3v) is 3.65. The van der Waals surface area contributed by atoms with E-state index in [0.717, 1.165) is 20.3 Å². The van der Waals surface area contributed by atoms with Crippen molar-refractivity contribution in [3.05, 3.63) is 11.8 Å². The molecule has 0 unspecified atom stereocenters. The summed E-state index contributed by atoms with van der Waals surface area (Å²) in [7, 11) is 1.11. The number of carbonyl (C=O) groups is 4. The van der Waals surface area contributed by atoms with Crippen molar-refractivity contribution in [3.63, 3.8) is 0 Å². The smallest absolute Gasteiger partial charge is 0.337 e. The normalized spacial score (nSPS) is 34.7. The molecule has 8 heteroatoms. The summed E-state index contributed by atoms with van der Waals surface area (Å²) in [6.07, 6.45) is -0.719. The first-order valence-electron chi connectivity index (χ1n) is 6.14. The van der Waals surface area contributed by atoms with Crippen LogP contribution in [0.1, 0.15) is 13.8 Å². The highest BCUT2D eigenvalue weighted by Gasteiger charge is 2.65. The predicted molar refractivity (Wildman–Crippen MR) is 64.4 cm³/mol. The van der Waals surface area contributed by atoms with Crippen LogP contribution in [0.15, 0.2) is 11.8 Å². The van der Waals surface area contributed by atoms with Gasteiger partial charge in [-0.15, -0.1) is 0 Å². The number of rotatable bonds is 2. The van der Waals surface area contributed by atoms with E-state index in [9.17, 15) is 24.3 Å². The van der Waals surface area contributed by atoms with Crippen LogP contribution in [-0.4, -0.2) is 47.6 Å². The molecule has 4 atom stereocenters. The molecule has 2 rings (SSSR count). The molecule has 2 aliphatic rings. The maximum atomic E-state index is 12.4. The summed E-state index contributed by atoms with van der Waals surface area (Å²) >= 11 is 0. The summed E-state index contributed by atoms with van der Waals surface area (Å²) in [5.41, 5.74) is -2.17. The van der Waals surface area contributed by atoms with E-state index in [1.54, 1.807) is 0 Å². The maximum absolute atomic E-state index is 12.4. The first-order chi connectivity index (χ1) is 9.71. The van der Waals surface area contributed by atoms with Crippen LogP contribution in [0.4, 0.5) is 0 Å². The number of methoxy groups -OCH3 is 1. The highest BCUT2D eigenvalue weighted by molar-refractivity contribution is 6.06. The molecule has 0 aromatic rings. The van der Waals surface area contributed by atoms with Gasteiger partial charge in [0, 0.05) is 6.92 Å². The highest BCUT2D eigenvalue weighted by Crippen LogP contribution is 2.46. The van der Waals surface area contributed by atoms with Crippen LogP contribution in [0, 0.1) is 11.8 Å². The van der Waals surface area contributed by atoms with Gasteiger partial charge in [0.05, 0.1) is 18.6 Å². The summed E-state index contributed by atoms with van der Waals surface area (Å²) in [6.45, 7) is 2.26. The molecular formula is C13H14O8. The van der Waals surface area contributed by atoms with Crippen molar-refractivity contribution < 1.29 is 38.5 Å². The lowest BCUT2D eigenvalue weighted by atomic mass is 9.81. The Balaban J connectivity index is 2.49. The Morgan fingerprint density at radius 1 is 1.38 bits per heavy atom. The quantitative estimate of drug-likeness (QED) is 0.515. The van der Waals surface area contributed by atoms with Crippen LogP contribution >= 0.6 is 0 Å². The molecular weight excluding hydrogens is 284 g/mol. The number of cyclic esters (lactones) is 1. The average Bonchev–Trinajstić information content (AvgIpc) is 2.60. The Bertz CT molecular complexity index is 559. The van der Waals surface area contributed by atoms with Crippen LogP contribution < -0.4 is 0 Å². The highest BCUT2D eigenvalue weighted by atomic mass is 16.6. The molecule has 0 spiro atoms. The summed E-state index contributed by atoms with van der Waals surface area (Å²) < 4.78 is 14.1. The lowest BCUT2D eigenvalue weighted by Crippen LogP contribution is -2.48. The molecule has 1 fully saturated rings. The predicted octanol–water partition coefficient (Wildman–Crippen LogP) is -0.902. The number of esters is 3. The number of ether oxygens (including phenoxy) is 3. The zero-order valence-electron chi connectivity index (χ0n) is 11.6. The largest absolute Gasteiger partial charge is 0.466 e. The first-order valence-corrected chi connectivity index (χ1v) is 6.14. The average molecular weight is 298 g/mol. The van der Waals surface area contributed by atoms with Crippen molar-refractivity contribution >= 4 is 23.7 Å². The standard InChI is InChI=1S/C13H14O8/c1-5(14)21-10-9(15)7-6(11(16)19-3)4-20-12(17)8(7)13(10,2)18/h4,7-8,10,18H,1-3H3/t7-,8-,10+,13-/m1/s1. The fraction of sp³-hybridized carbons (Fsp3) is 0.538. The van der Waals surface area contributed by atoms with Crippen molar-refractivity contribution in [1.82, 2.24) is 0 Å². The van der Waals surface area contributed by atoms with Crippen molar-refractivity contribution in [2.75, 3.05) is 7.11 Å². The summed E-state index contributed by atoms with van der Waals surface area (Å²) in [5.74, 6) is -5.87. The van der Waals surface area contributed by atoms with Crippen LogP contribution in [0.25, 0.3) is 0 Å². The Hall–Kier alpha value is -2.22. The van der Waals surface area contributed by atoms with E-state index >= 15 is 0 Å². The maximum Gasteiger partial charge on any atom is 0.337 e. The molecule has 0 bridgehead atoms. The SMILES string of the molecule is COC(=O)C1=COC(=O)[C@H]2[C@@H]1C(=O)[C@H](OC(C)=O)[C@]2(C)O. The molecule has 0 amide bonds. The molecule has 1 N–H and O–H groups in total. The third-order valence-electron chi connectivity index (χ3n) is 3.65. The van der Waals surface area contributed by atoms with Crippen molar-refractivity contribution in [1.29, 1.82) is 0 Å². The van der Waals surface area contributed by atoms with Crippen molar-refractivity contribution in [3.8, 4) is 0 Å². The minimum absolute atomic E-state index is 0.193. The zero-order valence-corrected chi connectivity index (χ0v) is 11.6. The number of fused-ring (bicyclic) bond motifs is 1. The lowest BCUT2D eigenvalue weighted by molar-refractivity contribution is -0.171. The van der Waals surface area contributed by atoms with Crippen LogP contribution in [0.3, 0.4) is 0 Å². The monoisotopic (exact) mass is 298 g/mol. The van der Waals surface area contributed by atoms with E-state index < -0.39 is 47.2 Å². The number of hydrogen-bond acceptors (Lipinski definition) is 8. The minimum atomic E-state index is -1.97. The summed E-state index contributed by atoms with van der Waals surface area (Å²) in [6, 6.07) is 0. The second-order valence-corrected chi connectivity index (χ2v) is 5.07. The molecule has 0 aromatic heterocycles. The van der Waals surface area contributed by atoms with Crippen LogP contribution in [0.5, 0.6) is 0 Å². The van der Waals surface area contributed by atoms with Gasteiger partial charge < -0.3 is 19.3 Å². The van der Waals surface area contributed by atoms with Gasteiger partial charge in [-0.05, 0) is 6.92 Å². The van der Waals surface area contributed by atoms with Gasteiger partial charge in [0.25, 0.3) is 0 Å². The van der Waals surface area contributed by atoms with Gasteiger partial charge in [-0.3, -0.25) is 14.4 Å². The Kier molecular flexibility index (Phi) is 3.58. The zero-order chi connectivity index (χ0) is 15.9. The van der Waals surface area contributed by atoms with E-state index in [-0.39, 0.29) is 5.57 Å². The van der Waals surface area contributed by atoms with Crippen molar-refractivity contribution in [2.45, 2.75) is 25.6 Å². The van der Waals surface area contributed by atoms with E-state index in [0.29, 0.717) is 0 Å². The van der Waals surface area contributed by atoms with Gasteiger partial charge in [-0.1, -0.05) is 0 Å². The Morgan fingerprint density at radius 3 is 2.52 bits per heavy atom. The molecule has 0 radical (unpaired) electrons. The van der Waals surface area contributed by atoms with Gasteiger partial charge in [-0.25, -0.2) is 4.79 Å². The lowest BCUT2D eigenvalue weighted by Gasteiger charge is -2.30. The van der Waals surface area contributed by atoms with Gasteiger partial charge in [0.1, 0.15) is 17.8 Å². The fourth-order valence-corrected chi connectivity index (χ4v) is 2.73. The van der Waals surface area contributed by atoms with Crippen LogP contribution in [0.2, 0.25) is 0 Å². The number of hydrogen-bond donors (Lipinski definition) is 1. The molecule has 8 nitrogen and oxygen atoms in total. The Labute approximate surface area is 119 Å². The molecule has 0 aromatic carbocycles. The number of carbonyl (C=O) groups excluding carboxylic acids is 4. The number of ketones is 1.